The van der Waals surface area contributed by atoms with Crippen molar-refractivity contribution in [2.45, 2.75) is 45.4 Å². The molecule has 0 atom stereocenters. The Bertz CT molecular complexity index is 567. The average Bonchev–Trinajstić information content (AvgIpc) is 2.61. The van der Waals surface area contributed by atoms with Crippen molar-refractivity contribution in [2.24, 2.45) is 10.2 Å². The number of nitrogens with zero attached hydrogens (tertiary/aromatic N) is 3. The molecule has 2 aromatic rings. The van der Waals surface area contributed by atoms with Crippen molar-refractivity contribution in [1.82, 2.24) is 4.98 Å². The van der Waals surface area contributed by atoms with Crippen molar-refractivity contribution in [3.8, 4) is 5.75 Å². The maximum absolute atomic E-state index is 5.75. The first kappa shape index (κ1) is 17.1. The maximum atomic E-state index is 5.75. The smallest absolute Gasteiger partial charge is 0.174 e. The van der Waals surface area contributed by atoms with E-state index in [1.165, 1.54) is 32.1 Å². The molecule has 0 N–H and O–H groups in total. The Kier molecular flexibility index (Phi) is 7.81. The summed E-state index contributed by atoms with van der Waals surface area (Å²) in [5.41, 5.74) is 0.794. The minimum atomic E-state index is 0.607. The molecule has 0 aliphatic rings. The fourth-order valence-electron chi connectivity index (χ4n) is 2.20. The second-order valence-electron chi connectivity index (χ2n) is 5.50. The highest BCUT2D eigenvalue weighted by atomic mass is 16.5. The molecule has 0 aliphatic carbocycles. The van der Waals surface area contributed by atoms with Gasteiger partial charge >= 0.3 is 0 Å². The first-order valence-corrected chi connectivity index (χ1v) is 8.44. The van der Waals surface area contributed by atoms with Crippen LogP contribution in [0.4, 0.5) is 11.5 Å². The summed E-state index contributed by atoms with van der Waals surface area (Å²) < 4.78 is 5.75. The Morgan fingerprint density at radius 2 is 1.65 bits per heavy atom. The zero-order chi connectivity index (χ0) is 16.2. The molecule has 2 rings (SSSR count). The minimum Gasteiger partial charge on any atom is -0.494 e. The number of hydrogen-bond donors (Lipinski definition) is 0. The van der Waals surface area contributed by atoms with E-state index < -0.39 is 0 Å². The van der Waals surface area contributed by atoms with Crippen molar-refractivity contribution in [3.05, 3.63) is 48.7 Å². The molecule has 1 aromatic carbocycles. The topological polar surface area (TPSA) is 46.8 Å². The number of azo groups is 1. The van der Waals surface area contributed by atoms with Gasteiger partial charge in [-0.15, -0.1) is 10.2 Å². The molecule has 0 fully saturated rings. The van der Waals surface area contributed by atoms with Crippen LogP contribution in [0.15, 0.2) is 58.9 Å². The summed E-state index contributed by atoms with van der Waals surface area (Å²) in [5.74, 6) is 1.49. The molecule has 0 spiro atoms. The van der Waals surface area contributed by atoms with Gasteiger partial charge in [-0.25, -0.2) is 4.98 Å². The van der Waals surface area contributed by atoms with Crippen LogP contribution in [0.1, 0.15) is 45.4 Å². The second kappa shape index (κ2) is 10.5. The number of rotatable bonds is 10. The lowest BCUT2D eigenvalue weighted by atomic mass is 10.1. The van der Waals surface area contributed by atoms with Crippen LogP contribution < -0.4 is 4.74 Å². The molecule has 23 heavy (non-hydrogen) atoms. The van der Waals surface area contributed by atoms with Crippen LogP contribution in [0.3, 0.4) is 0 Å². The summed E-state index contributed by atoms with van der Waals surface area (Å²) >= 11 is 0. The number of pyridine rings is 1. The largest absolute Gasteiger partial charge is 0.494 e. The molecule has 122 valence electrons. The van der Waals surface area contributed by atoms with Gasteiger partial charge in [-0.3, -0.25) is 0 Å². The van der Waals surface area contributed by atoms with Gasteiger partial charge in [0.25, 0.3) is 0 Å². The summed E-state index contributed by atoms with van der Waals surface area (Å²) in [7, 11) is 0. The molecular weight excluding hydrogens is 286 g/mol. The first-order valence-electron chi connectivity index (χ1n) is 8.44. The Morgan fingerprint density at radius 1 is 0.870 bits per heavy atom. The quantitative estimate of drug-likeness (QED) is 0.385. The van der Waals surface area contributed by atoms with Gasteiger partial charge in [-0.05, 0) is 42.8 Å². The summed E-state index contributed by atoms with van der Waals surface area (Å²) in [6.45, 7) is 3.02. The Labute approximate surface area is 138 Å². The highest BCUT2D eigenvalue weighted by molar-refractivity contribution is 5.41. The summed E-state index contributed by atoms with van der Waals surface area (Å²) in [6.07, 6.45) is 9.35. The molecular formula is C19H25N3O. The fourth-order valence-corrected chi connectivity index (χ4v) is 2.20. The van der Waals surface area contributed by atoms with Gasteiger partial charge in [0.1, 0.15) is 5.75 Å². The lowest BCUT2D eigenvalue weighted by Gasteiger charge is -2.06. The molecule has 4 heteroatoms. The van der Waals surface area contributed by atoms with Gasteiger partial charge in [0.2, 0.25) is 0 Å². The van der Waals surface area contributed by atoms with Crippen LogP contribution >= 0.6 is 0 Å². The maximum Gasteiger partial charge on any atom is 0.174 e. The van der Waals surface area contributed by atoms with Crippen molar-refractivity contribution in [1.29, 1.82) is 0 Å². The van der Waals surface area contributed by atoms with E-state index in [1.807, 2.05) is 42.5 Å². The first-order chi connectivity index (χ1) is 11.4. The van der Waals surface area contributed by atoms with Crippen LogP contribution in [0.2, 0.25) is 0 Å². The molecule has 0 bridgehead atoms. The Balaban J connectivity index is 1.69. The van der Waals surface area contributed by atoms with E-state index >= 15 is 0 Å². The number of hydrogen-bond acceptors (Lipinski definition) is 4. The molecule has 0 aliphatic heterocycles. The molecule has 0 saturated carbocycles. The van der Waals surface area contributed by atoms with Gasteiger partial charge in [0.05, 0.1) is 12.3 Å². The molecule has 0 radical (unpaired) electrons. The lowest BCUT2D eigenvalue weighted by Crippen LogP contribution is -1.96. The standard InChI is InChI=1S/C19H25N3O/c1-2-3-4-5-6-9-16-23-18-13-11-17(12-14-18)21-22-19-10-7-8-15-20-19/h7-8,10-15H,2-6,9,16H2,1H3. The summed E-state index contributed by atoms with van der Waals surface area (Å²) in [5, 5.41) is 8.25. The fraction of sp³-hybridized carbons (Fsp3) is 0.421. The molecule has 0 amide bonds. The second-order valence-corrected chi connectivity index (χ2v) is 5.50. The average molecular weight is 311 g/mol. The third kappa shape index (κ3) is 7.04. The number of unbranched alkanes of at least 4 members (excludes halogenated alkanes) is 5. The van der Waals surface area contributed by atoms with Crippen molar-refractivity contribution in [3.63, 3.8) is 0 Å². The van der Waals surface area contributed by atoms with Crippen LogP contribution in [-0.2, 0) is 0 Å². The zero-order valence-corrected chi connectivity index (χ0v) is 13.8. The van der Waals surface area contributed by atoms with E-state index in [-0.39, 0.29) is 0 Å². The highest BCUT2D eigenvalue weighted by Crippen LogP contribution is 2.20. The van der Waals surface area contributed by atoms with E-state index in [0.717, 1.165) is 24.5 Å². The minimum absolute atomic E-state index is 0.607. The Hall–Kier alpha value is -2.23. The van der Waals surface area contributed by atoms with E-state index in [9.17, 15) is 0 Å². The lowest BCUT2D eigenvalue weighted by molar-refractivity contribution is 0.304. The summed E-state index contributed by atoms with van der Waals surface area (Å²) in [6, 6.07) is 13.2. The molecule has 0 saturated heterocycles. The van der Waals surface area contributed by atoms with Gasteiger partial charge in [0, 0.05) is 6.20 Å². The highest BCUT2D eigenvalue weighted by Gasteiger charge is 1.96. The van der Waals surface area contributed by atoms with Crippen molar-refractivity contribution in [2.75, 3.05) is 6.61 Å². The van der Waals surface area contributed by atoms with E-state index in [1.54, 1.807) is 6.20 Å². The van der Waals surface area contributed by atoms with Gasteiger partial charge < -0.3 is 4.74 Å². The number of aromatic nitrogens is 1. The van der Waals surface area contributed by atoms with Crippen LogP contribution in [0.5, 0.6) is 5.75 Å². The SMILES string of the molecule is CCCCCCCCOc1ccc(N=Nc2ccccn2)cc1. The predicted molar refractivity (Wildman–Crippen MR) is 93.7 cm³/mol. The van der Waals surface area contributed by atoms with Gasteiger partial charge in [-0.1, -0.05) is 45.1 Å². The third-order valence-electron chi connectivity index (χ3n) is 3.52. The number of ether oxygens (including phenoxy) is 1. The zero-order valence-electron chi connectivity index (χ0n) is 13.8. The monoisotopic (exact) mass is 311 g/mol. The van der Waals surface area contributed by atoms with Gasteiger partial charge in [-0.2, -0.15) is 0 Å². The van der Waals surface area contributed by atoms with Crippen LogP contribution in [0.25, 0.3) is 0 Å². The van der Waals surface area contributed by atoms with Crippen molar-refractivity contribution >= 4 is 11.5 Å². The van der Waals surface area contributed by atoms with E-state index in [2.05, 4.69) is 22.1 Å². The molecule has 0 unspecified atom stereocenters. The normalized spacial score (nSPS) is 11.0. The van der Waals surface area contributed by atoms with E-state index in [0.29, 0.717) is 5.82 Å². The van der Waals surface area contributed by atoms with Gasteiger partial charge in [0.15, 0.2) is 5.82 Å². The molecule has 1 heterocycles. The number of benzene rings is 1. The van der Waals surface area contributed by atoms with E-state index in [4.69, 9.17) is 4.74 Å². The third-order valence-corrected chi connectivity index (χ3v) is 3.52. The molecule has 1 aromatic heterocycles. The summed E-state index contributed by atoms with van der Waals surface area (Å²) in [4.78, 5) is 4.10. The van der Waals surface area contributed by atoms with Crippen molar-refractivity contribution < 1.29 is 4.74 Å². The van der Waals surface area contributed by atoms with Crippen LogP contribution in [0, 0.1) is 0 Å². The Morgan fingerprint density at radius 3 is 2.39 bits per heavy atom. The predicted octanol–water partition coefficient (Wildman–Crippen LogP) is 6.24. The molecule has 4 nitrogen and oxygen atoms in total. The van der Waals surface area contributed by atoms with Crippen LogP contribution in [-0.4, -0.2) is 11.6 Å².